The van der Waals surface area contributed by atoms with Crippen molar-refractivity contribution in [1.82, 2.24) is 0 Å². The number of rotatable bonds is 10. The van der Waals surface area contributed by atoms with Crippen LogP contribution in [0.1, 0.15) is 143 Å². The first-order valence-corrected chi connectivity index (χ1v) is 29.8. The first-order valence-electron chi connectivity index (χ1n) is 28.2. The zero-order chi connectivity index (χ0) is 61.4. The van der Waals surface area contributed by atoms with Gasteiger partial charge in [0.25, 0.3) is 0 Å². The lowest BCUT2D eigenvalue weighted by atomic mass is 10.1. The first-order chi connectivity index (χ1) is 38.5. The molecule has 4 saturated carbocycles. The summed E-state index contributed by atoms with van der Waals surface area (Å²) in [4.78, 5) is 32.6. The molecule has 1 aliphatic heterocycles. The second-order valence-electron chi connectivity index (χ2n) is 17.3. The molecule has 4 aliphatic carbocycles. The Balaban J connectivity index is -0.000000875. The molecule has 8 atom stereocenters. The third kappa shape index (κ3) is 26.8. The molecule has 0 bridgehead atoms. The average molecular weight is 1150 g/mol. The van der Waals surface area contributed by atoms with Crippen molar-refractivity contribution in [3.05, 3.63) is 186 Å². The van der Waals surface area contributed by atoms with Gasteiger partial charge in [-0.05, 0) is 67.5 Å². The lowest BCUT2D eigenvalue weighted by molar-refractivity contribution is -0.146. The van der Waals surface area contributed by atoms with Gasteiger partial charge in [0, 0.05) is 52.4 Å². The van der Waals surface area contributed by atoms with Crippen molar-refractivity contribution in [2.75, 3.05) is 38.9 Å². The van der Waals surface area contributed by atoms with Crippen LogP contribution in [0.2, 0.25) is 0 Å². The fourth-order valence-electron chi connectivity index (χ4n) is 7.71. The van der Waals surface area contributed by atoms with Gasteiger partial charge in [-0.2, -0.15) is 11.8 Å². The summed E-state index contributed by atoms with van der Waals surface area (Å²) in [6.07, 6.45) is 7.81. The number of carboxylic acid groups (broad SMARTS) is 1. The number of aliphatic carboxylic acids is 1. The minimum atomic E-state index is -1.62. The molecule has 8 nitrogen and oxygen atoms in total. The molecule has 1 saturated heterocycles. The summed E-state index contributed by atoms with van der Waals surface area (Å²) in [7, 11) is 0. The second-order valence-corrected chi connectivity index (χ2v) is 18.1. The Morgan fingerprint density at radius 2 is 0.864 bits per heavy atom. The number of esters is 1. The molecule has 1 amide bonds. The van der Waals surface area contributed by atoms with Gasteiger partial charge in [-0.1, -0.05) is 227 Å². The maximum Gasteiger partial charge on any atom is 0.312 e. The molecule has 8 unspecified atom stereocenters. The SMILES string of the molecule is C1CCOC1.C=C(F)c1ccccc1.CC.CC.CC.CC.CC.CCOC(=O)C1CC1(F)c1ccccc1.CSC.NC(=O)C1CC1(F)c1ccccc1.NCC1CC1(F)c1ccccc1.O=C(O)C1CC1(F)c1ccccc1.[B]. The molecule has 449 valence electrons. The number of primary amides is 1. The quantitative estimate of drug-likeness (QED) is 0.0713. The van der Waals surface area contributed by atoms with Crippen LogP contribution in [0.5, 0.6) is 0 Å². The van der Waals surface area contributed by atoms with Crippen LogP contribution < -0.4 is 11.5 Å². The largest absolute Gasteiger partial charge is 0.481 e. The van der Waals surface area contributed by atoms with E-state index in [4.69, 9.17) is 26.0 Å². The van der Waals surface area contributed by atoms with Gasteiger partial charge < -0.3 is 26.0 Å². The van der Waals surface area contributed by atoms with Gasteiger partial charge >= 0.3 is 11.9 Å². The van der Waals surface area contributed by atoms with E-state index in [1.54, 1.807) is 122 Å². The predicted octanol–water partition coefficient (Wildman–Crippen LogP) is 16.7. The van der Waals surface area contributed by atoms with Gasteiger partial charge in [0.2, 0.25) is 5.91 Å². The summed E-state index contributed by atoms with van der Waals surface area (Å²) < 4.78 is 77.6. The van der Waals surface area contributed by atoms with Gasteiger partial charge in [-0.15, -0.1) is 0 Å². The highest BCUT2D eigenvalue weighted by molar-refractivity contribution is 7.97. The first kappa shape index (κ1) is 79.5. The van der Waals surface area contributed by atoms with E-state index < -0.39 is 58.3 Å². The molecule has 81 heavy (non-hydrogen) atoms. The van der Waals surface area contributed by atoms with Gasteiger partial charge in [0.1, 0.15) is 28.5 Å². The predicted molar refractivity (Wildman–Crippen MR) is 330 cm³/mol. The maximum absolute atomic E-state index is 14.2. The zero-order valence-electron chi connectivity index (χ0n) is 50.5. The number of ether oxygens (including phenoxy) is 2. The third-order valence-corrected chi connectivity index (χ3v) is 12.1. The highest BCUT2D eigenvalue weighted by Crippen LogP contribution is 2.58. The Hall–Kier alpha value is -5.77. The number of hydrogen-bond acceptors (Lipinski definition) is 7. The highest BCUT2D eigenvalue weighted by atomic mass is 32.2. The second kappa shape index (κ2) is 43.9. The number of benzene rings is 5. The van der Waals surface area contributed by atoms with Crippen LogP contribution in [0.3, 0.4) is 0 Å². The third-order valence-electron chi connectivity index (χ3n) is 12.1. The number of amides is 1. The van der Waals surface area contributed by atoms with Crippen molar-refractivity contribution in [1.29, 1.82) is 0 Å². The maximum atomic E-state index is 14.2. The highest BCUT2D eigenvalue weighted by Gasteiger charge is 2.62. The van der Waals surface area contributed by atoms with Crippen molar-refractivity contribution in [3.8, 4) is 0 Å². The van der Waals surface area contributed by atoms with Crippen molar-refractivity contribution < 1.29 is 50.9 Å². The van der Waals surface area contributed by atoms with Crippen LogP contribution in [-0.4, -0.2) is 70.2 Å². The lowest BCUT2D eigenvalue weighted by Crippen LogP contribution is -2.18. The normalized spacial score (nSPS) is 23.3. The van der Waals surface area contributed by atoms with E-state index in [0.717, 1.165) is 18.8 Å². The van der Waals surface area contributed by atoms with Crippen LogP contribution in [0.4, 0.5) is 22.0 Å². The molecule has 1 heterocycles. The van der Waals surface area contributed by atoms with Gasteiger partial charge in [0.15, 0.2) is 0 Å². The average Bonchev–Trinajstić information content (AvgIpc) is 4.50. The van der Waals surface area contributed by atoms with Gasteiger partial charge in [0.05, 0.1) is 24.4 Å². The van der Waals surface area contributed by atoms with Crippen molar-refractivity contribution in [2.45, 2.75) is 137 Å². The van der Waals surface area contributed by atoms with Crippen molar-refractivity contribution >= 4 is 43.8 Å². The van der Waals surface area contributed by atoms with Crippen LogP contribution in [0, 0.1) is 23.7 Å². The molecular weight excluding hydrogens is 1050 g/mol. The van der Waals surface area contributed by atoms with E-state index in [2.05, 4.69) is 6.58 Å². The molecule has 5 aliphatic rings. The number of hydrogen-bond donors (Lipinski definition) is 3. The van der Waals surface area contributed by atoms with E-state index in [9.17, 15) is 36.3 Å². The van der Waals surface area contributed by atoms with E-state index in [1.165, 1.54) is 12.8 Å². The fourth-order valence-corrected chi connectivity index (χ4v) is 7.71. The standard InChI is InChI=1S/C12H13FO2.C10H10FNO.C10H12FN.C10H9FO2.C8H7F.C4H8O.C2H6S.5C2H6.B/c1-2-15-11(14)10-8-12(10,13)9-6-4-3-5-7-9;11-10(6-8(10)9(12)13)7-4-2-1-3-5-7;11-10(6-9(10)7-12)8-4-2-1-3-5-8;11-10(6-8(10)9(12)13)7-4-2-1-3-5-7;1-7(9)8-5-3-2-4-6-8;1-2-4-5-3-1;1-3-2;5*1-2;/h3-7,10H,2,8H2,1H3;1-5,8H,6H2,(H2,12,13);1-5,9H,6-7,12H2;1-5,8H,6H2,(H,12,13);2-6H,1H2;1-4H2;1-2H3;5*1-2H3;. The van der Waals surface area contributed by atoms with Crippen LogP contribution in [0.25, 0.3) is 5.83 Å². The molecule has 5 fully saturated rings. The van der Waals surface area contributed by atoms with E-state index in [1.807, 2.05) is 130 Å². The Morgan fingerprint density at radius 3 is 1.10 bits per heavy atom. The van der Waals surface area contributed by atoms with Gasteiger partial charge in [-0.25, -0.2) is 22.0 Å². The summed E-state index contributed by atoms with van der Waals surface area (Å²) in [5, 5.41) is 8.61. The summed E-state index contributed by atoms with van der Waals surface area (Å²) in [5.74, 6) is -4.46. The summed E-state index contributed by atoms with van der Waals surface area (Å²) >= 11 is 1.75. The lowest BCUT2D eigenvalue weighted by Gasteiger charge is -2.07. The van der Waals surface area contributed by atoms with Crippen molar-refractivity contribution in [2.24, 2.45) is 35.1 Å². The van der Waals surface area contributed by atoms with E-state index >= 15 is 0 Å². The number of halogens is 5. The Morgan fingerprint density at radius 1 is 0.568 bits per heavy atom. The monoisotopic (exact) mass is 1150 g/mol. The molecule has 5 N–H and O–H groups in total. The minimum absolute atomic E-state index is 0. The number of thioether (sulfide) groups is 1. The topological polar surface area (TPSA) is 142 Å². The van der Waals surface area contributed by atoms with Gasteiger partial charge in [-0.3, -0.25) is 14.4 Å². The molecule has 3 radical (unpaired) electrons. The number of carboxylic acids is 1. The van der Waals surface area contributed by atoms with Crippen LogP contribution >= 0.6 is 11.8 Å². The number of carbonyl (C=O) groups is 3. The Bertz CT molecular complexity index is 2310. The summed E-state index contributed by atoms with van der Waals surface area (Å²) in [5.41, 5.74) is 7.65. The van der Waals surface area contributed by atoms with Crippen LogP contribution in [-0.2, 0) is 46.5 Å². The van der Waals surface area contributed by atoms with Crippen LogP contribution in [0.15, 0.2) is 158 Å². The zero-order valence-corrected chi connectivity index (χ0v) is 51.4. The summed E-state index contributed by atoms with van der Waals surface area (Å²) in [6, 6.07) is 44.0. The van der Waals surface area contributed by atoms with Crippen molar-refractivity contribution in [3.63, 3.8) is 0 Å². The molecule has 15 heteroatoms. The number of carbonyl (C=O) groups excluding carboxylic acids is 2. The molecule has 10 rings (SSSR count). The van der Waals surface area contributed by atoms with E-state index in [-0.39, 0.29) is 39.4 Å². The molecular formula is C66H95BF5N2O6S. The number of alkyl halides is 4. The van der Waals surface area contributed by atoms with E-state index in [0.29, 0.717) is 41.8 Å². The smallest absolute Gasteiger partial charge is 0.312 e. The molecule has 0 aromatic heterocycles. The fraction of sp³-hybridized carbons (Fsp3) is 0.470. The molecule has 0 spiro atoms. The number of nitrogens with two attached hydrogens (primary N) is 2. The Labute approximate surface area is 490 Å². The minimum Gasteiger partial charge on any atom is -0.481 e. The summed E-state index contributed by atoms with van der Waals surface area (Å²) in [6.45, 7) is 27.6. The Kier molecular flexibility index (Phi) is 43.1. The molecule has 5 aromatic rings. The molecule has 5 aromatic carbocycles.